The van der Waals surface area contributed by atoms with Crippen LogP contribution in [0.2, 0.25) is 0 Å². The van der Waals surface area contributed by atoms with E-state index in [-0.39, 0.29) is 5.69 Å². The van der Waals surface area contributed by atoms with Crippen molar-refractivity contribution in [1.82, 2.24) is 4.98 Å². The fraction of sp³-hybridized carbons (Fsp3) is 0.333. The Morgan fingerprint density at radius 2 is 2.43 bits per heavy atom. The highest BCUT2D eigenvalue weighted by Gasteiger charge is 2.15. The molecule has 5 heteroatoms. The van der Waals surface area contributed by atoms with Crippen LogP contribution in [0.25, 0.3) is 0 Å². The third-order valence-electron chi connectivity index (χ3n) is 2.03. The Kier molecular flexibility index (Phi) is 2.21. The first-order valence-corrected chi connectivity index (χ1v) is 4.38. The molecule has 0 bridgehead atoms. The lowest BCUT2D eigenvalue weighted by atomic mass is 10.3. The normalized spacial score (nSPS) is 15.5. The van der Waals surface area contributed by atoms with Gasteiger partial charge in [-0.25, -0.2) is 10.0 Å². The van der Waals surface area contributed by atoms with E-state index in [0.717, 1.165) is 13.0 Å². The molecule has 1 aliphatic heterocycles. The third-order valence-corrected chi connectivity index (χ3v) is 2.03. The highest BCUT2D eigenvalue weighted by Crippen LogP contribution is 2.19. The zero-order chi connectivity index (χ0) is 9.97. The molecule has 0 radical (unpaired) electrons. The van der Waals surface area contributed by atoms with Crippen LogP contribution < -0.4 is 10.8 Å². The molecule has 1 aromatic rings. The van der Waals surface area contributed by atoms with Gasteiger partial charge in [0, 0.05) is 6.54 Å². The Hall–Kier alpha value is -1.80. The molecule has 1 aliphatic rings. The summed E-state index contributed by atoms with van der Waals surface area (Å²) in [6, 6.07) is 5.36. The Morgan fingerprint density at radius 1 is 1.57 bits per heavy atom. The topological polar surface area (TPSA) is 75.2 Å². The van der Waals surface area contributed by atoms with E-state index >= 15 is 0 Å². The highest BCUT2D eigenvalue weighted by atomic mass is 16.7. The summed E-state index contributed by atoms with van der Waals surface area (Å²) >= 11 is 0. The Morgan fingerprint density at radius 3 is 3.07 bits per heavy atom. The Bertz CT molecular complexity index is 379. The molecule has 5 nitrogen and oxygen atoms in total. The summed E-state index contributed by atoms with van der Waals surface area (Å²) < 4.78 is 0. The molecule has 2 heterocycles. The predicted molar refractivity (Wildman–Crippen MR) is 51.3 cm³/mol. The molecule has 1 aromatic heterocycles. The number of aromatic nitrogens is 1. The average molecular weight is 190 g/mol. The van der Waals surface area contributed by atoms with Gasteiger partial charge in [0.1, 0.15) is 6.07 Å². The molecule has 0 amide bonds. The van der Waals surface area contributed by atoms with Crippen molar-refractivity contribution in [3.63, 3.8) is 0 Å². The van der Waals surface area contributed by atoms with Crippen molar-refractivity contribution in [3.05, 3.63) is 17.8 Å². The van der Waals surface area contributed by atoms with E-state index < -0.39 is 0 Å². The molecule has 0 aromatic carbocycles. The Labute approximate surface area is 81.7 Å². The average Bonchev–Trinajstić information content (AvgIpc) is 2.71. The molecule has 0 saturated carbocycles. The lowest BCUT2D eigenvalue weighted by molar-refractivity contribution is 0.166. The maximum atomic E-state index is 8.73. The monoisotopic (exact) mass is 190 g/mol. The molecule has 0 spiro atoms. The van der Waals surface area contributed by atoms with Gasteiger partial charge in [0.25, 0.3) is 0 Å². The van der Waals surface area contributed by atoms with Crippen LogP contribution in [-0.4, -0.2) is 18.1 Å². The smallest absolute Gasteiger partial charge is 0.165 e. The van der Waals surface area contributed by atoms with Gasteiger partial charge in [-0.15, -0.1) is 0 Å². The number of nitrogens with two attached hydrogens (primary N) is 1. The first-order chi connectivity index (χ1) is 6.81. The standard InChI is InChI=1S/C9H10N4O/c10-6-8-7(11)2-3-9(12-8)13-4-1-5-14-13/h2-3H,1,4-5,11H2. The van der Waals surface area contributed by atoms with Crippen molar-refractivity contribution >= 4 is 11.5 Å². The number of hydrogen-bond donors (Lipinski definition) is 1. The lowest BCUT2D eigenvalue weighted by Crippen LogP contribution is -2.18. The van der Waals surface area contributed by atoms with E-state index in [0.29, 0.717) is 18.1 Å². The number of nitrogen functional groups attached to an aromatic ring is 1. The predicted octanol–water partition coefficient (Wildman–Crippen LogP) is 0.677. The maximum Gasteiger partial charge on any atom is 0.165 e. The summed E-state index contributed by atoms with van der Waals surface area (Å²) in [4.78, 5) is 9.39. The molecule has 0 aliphatic carbocycles. The van der Waals surface area contributed by atoms with Crippen molar-refractivity contribution in [3.8, 4) is 6.07 Å². The fourth-order valence-corrected chi connectivity index (χ4v) is 1.32. The number of nitrogens with zero attached hydrogens (tertiary/aromatic N) is 3. The van der Waals surface area contributed by atoms with Crippen molar-refractivity contribution in [2.45, 2.75) is 6.42 Å². The van der Waals surface area contributed by atoms with Crippen LogP contribution in [0.1, 0.15) is 12.1 Å². The van der Waals surface area contributed by atoms with Gasteiger partial charge in [-0.2, -0.15) is 5.26 Å². The molecule has 1 fully saturated rings. The van der Waals surface area contributed by atoms with Crippen LogP contribution in [0, 0.1) is 11.3 Å². The number of rotatable bonds is 1. The van der Waals surface area contributed by atoms with E-state index in [1.807, 2.05) is 6.07 Å². The van der Waals surface area contributed by atoms with Crippen LogP contribution in [0.15, 0.2) is 12.1 Å². The number of pyridine rings is 1. The van der Waals surface area contributed by atoms with Gasteiger partial charge < -0.3 is 5.73 Å². The third kappa shape index (κ3) is 1.47. The molecule has 72 valence electrons. The SMILES string of the molecule is N#Cc1nc(N2CCCO2)ccc1N. The summed E-state index contributed by atoms with van der Waals surface area (Å²) in [5.41, 5.74) is 6.20. The molecule has 1 saturated heterocycles. The zero-order valence-corrected chi connectivity index (χ0v) is 7.60. The van der Waals surface area contributed by atoms with Gasteiger partial charge >= 0.3 is 0 Å². The largest absolute Gasteiger partial charge is 0.396 e. The zero-order valence-electron chi connectivity index (χ0n) is 7.60. The summed E-state index contributed by atoms with van der Waals surface area (Å²) in [6.45, 7) is 1.51. The first-order valence-electron chi connectivity index (χ1n) is 4.38. The summed E-state index contributed by atoms with van der Waals surface area (Å²) in [5.74, 6) is 0.647. The fourth-order valence-electron chi connectivity index (χ4n) is 1.32. The van der Waals surface area contributed by atoms with Crippen LogP contribution in [0.5, 0.6) is 0 Å². The van der Waals surface area contributed by atoms with Crippen molar-refractivity contribution < 1.29 is 4.84 Å². The molecule has 2 rings (SSSR count). The molecular weight excluding hydrogens is 180 g/mol. The van der Waals surface area contributed by atoms with E-state index in [1.165, 1.54) is 0 Å². The summed E-state index contributed by atoms with van der Waals surface area (Å²) in [6.07, 6.45) is 0.980. The van der Waals surface area contributed by atoms with Crippen molar-refractivity contribution in [2.75, 3.05) is 23.9 Å². The minimum absolute atomic E-state index is 0.248. The molecule has 0 unspecified atom stereocenters. The number of hydroxylamine groups is 1. The van der Waals surface area contributed by atoms with E-state index in [4.69, 9.17) is 15.8 Å². The van der Waals surface area contributed by atoms with Gasteiger partial charge in [0.2, 0.25) is 0 Å². The molecule has 0 atom stereocenters. The lowest BCUT2D eigenvalue weighted by Gasteiger charge is -2.14. The van der Waals surface area contributed by atoms with Crippen molar-refractivity contribution in [2.24, 2.45) is 0 Å². The van der Waals surface area contributed by atoms with E-state index in [2.05, 4.69) is 4.98 Å². The second kappa shape index (κ2) is 3.52. The number of nitriles is 1. The van der Waals surface area contributed by atoms with Crippen LogP contribution >= 0.6 is 0 Å². The van der Waals surface area contributed by atoms with Gasteiger partial charge in [0.05, 0.1) is 12.3 Å². The first kappa shape index (κ1) is 8.78. The molecule has 14 heavy (non-hydrogen) atoms. The number of hydrogen-bond acceptors (Lipinski definition) is 5. The van der Waals surface area contributed by atoms with E-state index in [9.17, 15) is 0 Å². The number of anilines is 2. The minimum Gasteiger partial charge on any atom is -0.396 e. The highest BCUT2D eigenvalue weighted by molar-refractivity contribution is 5.54. The quantitative estimate of drug-likeness (QED) is 0.704. The van der Waals surface area contributed by atoms with Crippen LogP contribution in [-0.2, 0) is 4.84 Å². The van der Waals surface area contributed by atoms with Crippen LogP contribution in [0.4, 0.5) is 11.5 Å². The van der Waals surface area contributed by atoms with Crippen LogP contribution in [0.3, 0.4) is 0 Å². The summed E-state index contributed by atoms with van der Waals surface area (Å²) in [5, 5.41) is 10.4. The Balaban J connectivity index is 2.31. The van der Waals surface area contributed by atoms with Crippen molar-refractivity contribution in [1.29, 1.82) is 5.26 Å². The van der Waals surface area contributed by atoms with Gasteiger partial charge in [-0.1, -0.05) is 0 Å². The molecule has 2 N–H and O–H groups in total. The molecular formula is C9H10N4O. The van der Waals surface area contributed by atoms with E-state index in [1.54, 1.807) is 17.2 Å². The second-order valence-corrected chi connectivity index (χ2v) is 3.01. The maximum absolute atomic E-state index is 8.73. The summed E-state index contributed by atoms with van der Waals surface area (Å²) in [7, 11) is 0. The van der Waals surface area contributed by atoms with Gasteiger partial charge in [-0.05, 0) is 18.6 Å². The second-order valence-electron chi connectivity index (χ2n) is 3.01. The minimum atomic E-state index is 0.248. The van der Waals surface area contributed by atoms with Gasteiger partial charge in [-0.3, -0.25) is 4.84 Å². The van der Waals surface area contributed by atoms with Gasteiger partial charge in [0.15, 0.2) is 11.5 Å².